The summed E-state index contributed by atoms with van der Waals surface area (Å²) in [6.07, 6.45) is 1.96. The molecule has 2 aliphatic heterocycles. The molecule has 6 heteroatoms. The number of amides is 1. The average Bonchev–Trinajstić information content (AvgIpc) is 2.46. The Morgan fingerprint density at radius 3 is 2.75 bits per heavy atom. The predicted molar refractivity (Wildman–Crippen MR) is 77.8 cm³/mol. The lowest BCUT2D eigenvalue weighted by Crippen LogP contribution is -2.45. The third kappa shape index (κ3) is 2.99. The number of likely N-dealkylation sites (tertiary alicyclic amines) is 1. The molecule has 0 saturated carbocycles. The Morgan fingerprint density at radius 2 is 2.00 bits per heavy atom. The van der Waals surface area contributed by atoms with Crippen LogP contribution in [0, 0.1) is 0 Å². The number of benzene rings is 1. The van der Waals surface area contributed by atoms with E-state index in [1.807, 2.05) is 4.90 Å². The van der Waals surface area contributed by atoms with Gasteiger partial charge in [0.05, 0.1) is 0 Å². The Balaban J connectivity index is 0.00000147. The summed E-state index contributed by atoms with van der Waals surface area (Å²) in [6, 6.07) is 5.44. The minimum absolute atomic E-state index is 0. The van der Waals surface area contributed by atoms with Gasteiger partial charge in [-0.15, -0.1) is 12.4 Å². The Morgan fingerprint density at radius 1 is 1.25 bits per heavy atom. The zero-order valence-electron chi connectivity index (χ0n) is 11.2. The van der Waals surface area contributed by atoms with Crippen LogP contribution in [0.3, 0.4) is 0 Å². The molecule has 2 aliphatic rings. The quantitative estimate of drug-likeness (QED) is 0.852. The van der Waals surface area contributed by atoms with Crippen molar-refractivity contribution in [1.29, 1.82) is 0 Å². The summed E-state index contributed by atoms with van der Waals surface area (Å²) in [4.78, 5) is 14.2. The smallest absolute Gasteiger partial charge is 0.254 e. The van der Waals surface area contributed by atoms with Gasteiger partial charge in [-0.05, 0) is 31.0 Å². The highest BCUT2D eigenvalue weighted by atomic mass is 35.5. The number of nitrogens with zero attached hydrogens (tertiary/aromatic N) is 1. The van der Waals surface area contributed by atoms with Crippen LogP contribution in [-0.4, -0.2) is 43.2 Å². The fraction of sp³-hybridized carbons (Fsp3) is 0.500. The van der Waals surface area contributed by atoms with E-state index in [2.05, 4.69) is 0 Å². The molecule has 0 aliphatic carbocycles. The van der Waals surface area contributed by atoms with Gasteiger partial charge in [-0.3, -0.25) is 4.79 Å². The molecule has 20 heavy (non-hydrogen) atoms. The molecule has 1 aromatic rings. The lowest BCUT2D eigenvalue weighted by atomic mass is 10.1. The van der Waals surface area contributed by atoms with E-state index in [1.165, 1.54) is 0 Å². The molecule has 0 bridgehead atoms. The molecule has 110 valence electrons. The number of carbonyl (C=O) groups excluding carboxylic acids is 1. The lowest BCUT2D eigenvalue weighted by Gasteiger charge is -2.31. The highest BCUT2D eigenvalue weighted by molar-refractivity contribution is 5.95. The number of hydrogen-bond acceptors (Lipinski definition) is 4. The third-order valence-corrected chi connectivity index (χ3v) is 3.53. The van der Waals surface area contributed by atoms with E-state index >= 15 is 0 Å². The van der Waals surface area contributed by atoms with Crippen LogP contribution in [-0.2, 0) is 0 Å². The molecule has 1 amide bonds. The van der Waals surface area contributed by atoms with Gasteiger partial charge in [0.15, 0.2) is 11.5 Å². The molecule has 0 spiro atoms. The van der Waals surface area contributed by atoms with Gasteiger partial charge in [0, 0.05) is 24.7 Å². The molecular weight excluding hydrogens is 280 g/mol. The Hall–Kier alpha value is -1.46. The molecule has 2 heterocycles. The molecule has 1 atom stereocenters. The first-order chi connectivity index (χ1) is 9.24. The summed E-state index contributed by atoms with van der Waals surface area (Å²) in [5.74, 6) is 1.38. The second-order valence-electron chi connectivity index (χ2n) is 5.01. The van der Waals surface area contributed by atoms with Gasteiger partial charge in [-0.2, -0.15) is 0 Å². The maximum absolute atomic E-state index is 12.4. The Labute approximate surface area is 124 Å². The fourth-order valence-electron chi connectivity index (χ4n) is 2.55. The van der Waals surface area contributed by atoms with Crippen LogP contribution in [0.1, 0.15) is 23.2 Å². The van der Waals surface area contributed by atoms with Gasteiger partial charge >= 0.3 is 0 Å². The zero-order chi connectivity index (χ0) is 13.2. The van der Waals surface area contributed by atoms with Crippen molar-refractivity contribution in [1.82, 2.24) is 4.90 Å². The van der Waals surface area contributed by atoms with E-state index in [-0.39, 0.29) is 24.4 Å². The Bertz CT molecular complexity index is 495. The average molecular weight is 299 g/mol. The second-order valence-corrected chi connectivity index (χ2v) is 5.01. The maximum atomic E-state index is 12.4. The van der Waals surface area contributed by atoms with E-state index in [0.717, 1.165) is 19.4 Å². The SMILES string of the molecule is Cl.N[C@@H]1CCCN(C(=O)c2ccc3c(c2)OCCO3)C1. The molecule has 3 rings (SSSR count). The molecule has 1 aromatic carbocycles. The normalized spacial score (nSPS) is 21.1. The van der Waals surface area contributed by atoms with E-state index in [0.29, 0.717) is 36.8 Å². The number of carbonyl (C=O) groups is 1. The highest BCUT2D eigenvalue weighted by Gasteiger charge is 2.23. The standard InChI is InChI=1S/C14H18N2O3.ClH/c15-11-2-1-5-16(9-11)14(17)10-3-4-12-13(8-10)19-7-6-18-12;/h3-4,8,11H,1-2,5-7,9,15H2;1H/t11-;/m1./s1. The van der Waals surface area contributed by atoms with Crippen LogP contribution in [0.2, 0.25) is 0 Å². The summed E-state index contributed by atoms with van der Waals surface area (Å²) in [5, 5.41) is 0. The number of ether oxygens (including phenoxy) is 2. The van der Waals surface area contributed by atoms with Crippen molar-refractivity contribution in [3.05, 3.63) is 23.8 Å². The number of piperidine rings is 1. The van der Waals surface area contributed by atoms with Crippen LogP contribution in [0.4, 0.5) is 0 Å². The van der Waals surface area contributed by atoms with Crippen molar-refractivity contribution in [2.45, 2.75) is 18.9 Å². The zero-order valence-corrected chi connectivity index (χ0v) is 12.0. The largest absolute Gasteiger partial charge is 0.486 e. The molecule has 1 saturated heterocycles. The van der Waals surface area contributed by atoms with E-state index in [9.17, 15) is 4.79 Å². The van der Waals surface area contributed by atoms with Crippen LogP contribution >= 0.6 is 12.4 Å². The molecular formula is C14H19ClN2O3. The van der Waals surface area contributed by atoms with Crippen molar-refractivity contribution in [2.24, 2.45) is 5.73 Å². The van der Waals surface area contributed by atoms with Gasteiger partial charge in [0.1, 0.15) is 13.2 Å². The van der Waals surface area contributed by atoms with Gasteiger partial charge in [0.2, 0.25) is 0 Å². The molecule has 0 radical (unpaired) electrons. The fourth-order valence-corrected chi connectivity index (χ4v) is 2.55. The number of fused-ring (bicyclic) bond motifs is 1. The number of hydrogen-bond donors (Lipinski definition) is 1. The summed E-state index contributed by atoms with van der Waals surface area (Å²) in [7, 11) is 0. The minimum atomic E-state index is 0. The maximum Gasteiger partial charge on any atom is 0.254 e. The number of nitrogens with two attached hydrogens (primary N) is 1. The number of halogens is 1. The van der Waals surface area contributed by atoms with Crippen molar-refractivity contribution < 1.29 is 14.3 Å². The summed E-state index contributed by atoms with van der Waals surface area (Å²) >= 11 is 0. The van der Waals surface area contributed by atoms with Gasteiger partial charge in [-0.1, -0.05) is 0 Å². The summed E-state index contributed by atoms with van der Waals surface area (Å²) in [5.41, 5.74) is 6.55. The molecule has 5 nitrogen and oxygen atoms in total. The van der Waals surface area contributed by atoms with Crippen LogP contribution < -0.4 is 15.2 Å². The van der Waals surface area contributed by atoms with Crippen LogP contribution in [0.25, 0.3) is 0 Å². The van der Waals surface area contributed by atoms with Crippen molar-refractivity contribution in [2.75, 3.05) is 26.3 Å². The third-order valence-electron chi connectivity index (χ3n) is 3.53. The minimum Gasteiger partial charge on any atom is -0.486 e. The van der Waals surface area contributed by atoms with E-state index < -0.39 is 0 Å². The van der Waals surface area contributed by atoms with Crippen LogP contribution in [0.5, 0.6) is 11.5 Å². The van der Waals surface area contributed by atoms with Gasteiger partial charge < -0.3 is 20.1 Å². The van der Waals surface area contributed by atoms with E-state index in [1.54, 1.807) is 18.2 Å². The second kappa shape index (κ2) is 6.33. The predicted octanol–water partition coefficient (Wildman–Crippen LogP) is 1.44. The lowest BCUT2D eigenvalue weighted by molar-refractivity contribution is 0.0707. The summed E-state index contributed by atoms with van der Waals surface area (Å²) < 4.78 is 11.0. The molecule has 2 N–H and O–H groups in total. The van der Waals surface area contributed by atoms with Crippen LogP contribution in [0.15, 0.2) is 18.2 Å². The highest BCUT2D eigenvalue weighted by Crippen LogP contribution is 2.31. The first-order valence-electron chi connectivity index (χ1n) is 6.68. The first kappa shape index (κ1) is 14.9. The van der Waals surface area contributed by atoms with Crippen molar-refractivity contribution >= 4 is 18.3 Å². The molecule has 0 unspecified atom stereocenters. The van der Waals surface area contributed by atoms with Gasteiger partial charge in [0.25, 0.3) is 5.91 Å². The first-order valence-corrected chi connectivity index (χ1v) is 6.68. The van der Waals surface area contributed by atoms with E-state index in [4.69, 9.17) is 15.2 Å². The molecule has 1 fully saturated rings. The summed E-state index contributed by atoms with van der Waals surface area (Å²) in [6.45, 7) is 2.49. The monoisotopic (exact) mass is 298 g/mol. The topological polar surface area (TPSA) is 64.8 Å². The molecule has 0 aromatic heterocycles. The Kier molecular flexibility index (Phi) is 4.73. The van der Waals surface area contributed by atoms with Gasteiger partial charge in [-0.25, -0.2) is 0 Å². The van der Waals surface area contributed by atoms with Crippen molar-refractivity contribution in [3.63, 3.8) is 0 Å². The van der Waals surface area contributed by atoms with Crippen molar-refractivity contribution in [3.8, 4) is 11.5 Å². The number of rotatable bonds is 1.